The number of benzene rings is 2. The fourth-order valence-electron chi connectivity index (χ4n) is 2.06. The summed E-state index contributed by atoms with van der Waals surface area (Å²) in [5, 5.41) is 8.98. The predicted octanol–water partition coefficient (Wildman–Crippen LogP) is 4.10. The first-order valence-corrected chi connectivity index (χ1v) is 6.07. The van der Waals surface area contributed by atoms with Crippen LogP contribution in [0.5, 0.6) is 0 Å². The summed E-state index contributed by atoms with van der Waals surface area (Å²) < 4.78 is 0. The minimum atomic E-state index is 0.335. The summed E-state index contributed by atoms with van der Waals surface area (Å²) >= 11 is 0. The zero-order chi connectivity index (χ0) is 13.0. The number of anilines is 2. The summed E-state index contributed by atoms with van der Waals surface area (Å²) in [6.07, 6.45) is 0. The van der Waals surface area contributed by atoms with Crippen molar-refractivity contribution in [3.05, 3.63) is 60.2 Å². The summed E-state index contributed by atoms with van der Waals surface area (Å²) in [6, 6.07) is 20.5. The SMILES string of the molecule is CC(C)N(c1ccccc1)c1cccc(C#N)c1. The van der Waals surface area contributed by atoms with Gasteiger partial charge in [0.2, 0.25) is 0 Å². The van der Waals surface area contributed by atoms with Gasteiger partial charge in [-0.05, 0) is 44.2 Å². The molecule has 0 atom stereocenters. The molecular formula is C16H16N2. The van der Waals surface area contributed by atoms with Gasteiger partial charge in [-0.25, -0.2) is 0 Å². The second-order valence-corrected chi connectivity index (χ2v) is 4.46. The van der Waals surface area contributed by atoms with Crippen molar-refractivity contribution in [2.24, 2.45) is 0 Å². The first kappa shape index (κ1) is 12.2. The van der Waals surface area contributed by atoms with Gasteiger partial charge in [-0.2, -0.15) is 5.26 Å². The molecule has 0 amide bonds. The van der Waals surface area contributed by atoms with Crippen molar-refractivity contribution in [2.75, 3.05) is 4.90 Å². The molecule has 90 valence electrons. The molecule has 0 radical (unpaired) electrons. The monoisotopic (exact) mass is 236 g/mol. The Hall–Kier alpha value is -2.27. The van der Waals surface area contributed by atoms with E-state index in [0.717, 1.165) is 11.4 Å². The van der Waals surface area contributed by atoms with Crippen molar-refractivity contribution in [1.82, 2.24) is 0 Å². The Labute approximate surface area is 108 Å². The van der Waals surface area contributed by atoms with E-state index in [-0.39, 0.29) is 0 Å². The largest absolute Gasteiger partial charge is 0.339 e. The van der Waals surface area contributed by atoms with Crippen LogP contribution in [0.2, 0.25) is 0 Å². The first-order chi connectivity index (χ1) is 8.72. The lowest BCUT2D eigenvalue weighted by atomic mass is 10.1. The number of nitriles is 1. The maximum atomic E-state index is 8.98. The van der Waals surface area contributed by atoms with E-state index in [1.165, 1.54) is 0 Å². The maximum absolute atomic E-state index is 8.98. The second-order valence-electron chi connectivity index (χ2n) is 4.46. The summed E-state index contributed by atoms with van der Waals surface area (Å²) in [7, 11) is 0. The van der Waals surface area contributed by atoms with Crippen molar-refractivity contribution in [3.63, 3.8) is 0 Å². The lowest BCUT2D eigenvalue weighted by Crippen LogP contribution is -2.25. The van der Waals surface area contributed by atoms with Crippen LogP contribution >= 0.6 is 0 Å². The number of nitrogens with zero attached hydrogens (tertiary/aromatic N) is 2. The molecule has 2 aromatic rings. The maximum Gasteiger partial charge on any atom is 0.0992 e. The Morgan fingerprint density at radius 3 is 2.22 bits per heavy atom. The molecule has 0 saturated carbocycles. The number of para-hydroxylation sites is 1. The first-order valence-electron chi connectivity index (χ1n) is 6.07. The van der Waals surface area contributed by atoms with E-state index in [0.29, 0.717) is 11.6 Å². The van der Waals surface area contributed by atoms with E-state index >= 15 is 0 Å². The fourth-order valence-corrected chi connectivity index (χ4v) is 2.06. The van der Waals surface area contributed by atoms with Crippen LogP contribution in [0.15, 0.2) is 54.6 Å². The third kappa shape index (κ3) is 2.52. The van der Waals surface area contributed by atoms with Crippen LogP contribution < -0.4 is 4.90 Å². The smallest absolute Gasteiger partial charge is 0.0992 e. The van der Waals surface area contributed by atoms with E-state index in [1.807, 2.05) is 42.5 Å². The third-order valence-electron chi connectivity index (χ3n) is 2.80. The van der Waals surface area contributed by atoms with Gasteiger partial charge in [-0.3, -0.25) is 0 Å². The summed E-state index contributed by atoms with van der Waals surface area (Å²) in [5.74, 6) is 0. The molecule has 0 spiro atoms. The van der Waals surface area contributed by atoms with Gasteiger partial charge in [0.1, 0.15) is 0 Å². The summed E-state index contributed by atoms with van der Waals surface area (Å²) in [5.41, 5.74) is 2.88. The van der Waals surface area contributed by atoms with Crippen molar-refractivity contribution >= 4 is 11.4 Å². The number of hydrogen-bond donors (Lipinski definition) is 0. The minimum Gasteiger partial charge on any atom is -0.339 e. The molecule has 0 aliphatic rings. The van der Waals surface area contributed by atoms with Gasteiger partial charge < -0.3 is 4.90 Å². The molecule has 0 N–H and O–H groups in total. The molecule has 0 bridgehead atoms. The normalized spacial score (nSPS) is 10.1. The third-order valence-corrected chi connectivity index (χ3v) is 2.80. The van der Waals surface area contributed by atoms with Crippen molar-refractivity contribution in [1.29, 1.82) is 5.26 Å². The number of hydrogen-bond acceptors (Lipinski definition) is 2. The van der Waals surface area contributed by atoms with Crippen molar-refractivity contribution in [3.8, 4) is 6.07 Å². The van der Waals surface area contributed by atoms with Crippen LogP contribution in [0.3, 0.4) is 0 Å². The molecule has 0 aliphatic carbocycles. The van der Waals surface area contributed by atoms with E-state index in [4.69, 9.17) is 5.26 Å². The summed E-state index contributed by atoms with van der Waals surface area (Å²) in [4.78, 5) is 2.22. The Morgan fingerprint density at radius 1 is 0.944 bits per heavy atom. The van der Waals surface area contributed by atoms with E-state index in [2.05, 4.69) is 36.9 Å². The van der Waals surface area contributed by atoms with Gasteiger partial charge in [-0.15, -0.1) is 0 Å². The topological polar surface area (TPSA) is 27.0 Å². The molecule has 0 unspecified atom stereocenters. The van der Waals surface area contributed by atoms with Gasteiger partial charge in [-0.1, -0.05) is 24.3 Å². The molecule has 2 aromatic carbocycles. The molecule has 0 saturated heterocycles. The van der Waals surface area contributed by atoms with Gasteiger partial charge in [0.15, 0.2) is 0 Å². The Morgan fingerprint density at radius 2 is 1.61 bits per heavy atom. The van der Waals surface area contributed by atoms with E-state index in [1.54, 1.807) is 0 Å². The minimum absolute atomic E-state index is 0.335. The van der Waals surface area contributed by atoms with Crippen LogP contribution in [-0.2, 0) is 0 Å². The van der Waals surface area contributed by atoms with Gasteiger partial charge in [0.05, 0.1) is 11.6 Å². The van der Waals surface area contributed by atoms with Gasteiger partial charge >= 0.3 is 0 Å². The quantitative estimate of drug-likeness (QED) is 0.802. The molecule has 2 nitrogen and oxygen atoms in total. The number of rotatable bonds is 3. The van der Waals surface area contributed by atoms with E-state index < -0.39 is 0 Å². The molecular weight excluding hydrogens is 220 g/mol. The highest BCUT2D eigenvalue weighted by Gasteiger charge is 2.12. The molecule has 2 rings (SSSR count). The molecule has 0 aliphatic heterocycles. The van der Waals surface area contributed by atoms with Crippen LogP contribution in [0.1, 0.15) is 19.4 Å². The Bertz CT molecular complexity index is 553. The highest BCUT2D eigenvalue weighted by Crippen LogP contribution is 2.28. The average molecular weight is 236 g/mol. The van der Waals surface area contributed by atoms with Crippen molar-refractivity contribution in [2.45, 2.75) is 19.9 Å². The molecule has 0 fully saturated rings. The fraction of sp³-hybridized carbons (Fsp3) is 0.188. The lowest BCUT2D eigenvalue weighted by molar-refractivity contribution is 0.789. The van der Waals surface area contributed by atoms with Gasteiger partial charge in [0, 0.05) is 17.4 Å². The summed E-state index contributed by atoms with van der Waals surface area (Å²) in [6.45, 7) is 4.29. The van der Waals surface area contributed by atoms with Crippen LogP contribution in [0.4, 0.5) is 11.4 Å². The molecule has 0 heterocycles. The zero-order valence-corrected chi connectivity index (χ0v) is 10.7. The molecule has 2 heteroatoms. The Kier molecular flexibility index (Phi) is 3.64. The lowest BCUT2D eigenvalue weighted by Gasteiger charge is -2.29. The molecule has 0 aromatic heterocycles. The predicted molar refractivity (Wildman–Crippen MR) is 74.9 cm³/mol. The van der Waals surface area contributed by atoms with Crippen LogP contribution in [-0.4, -0.2) is 6.04 Å². The average Bonchev–Trinajstić information content (AvgIpc) is 2.40. The van der Waals surface area contributed by atoms with E-state index in [9.17, 15) is 0 Å². The highest BCUT2D eigenvalue weighted by atomic mass is 15.2. The van der Waals surface area contributed by atoms with Crippen LogP contribution in [0.25, 0.3) is 0 Å². The van der Waals surface area contributed by atoms with Crippen molar-refractivity contribution < 1.29 is 0 Å². The second kappa shape index (κ2) is 5.37. The van der Waals surface area contributed by atoms with Crippen LogP contribution in [0, 0.1) is 11.3 Å². The Balaban J connectivity index is 2.46. The zero-order valence-electron chi connectivity index (χ0n) is 10.7. The standard InChI is InChI=1S/C16H16N2/c1-13(2)18(15-8-4-3-5-9-15)16-10-6-7-14(11-16)12-17/h3-11,13H,1-2H3. The molecule has 18 heavy (non-hydrogen) atoms. The highest BCUT2D eigenvalue weighted by molar-refractivity contribution is 5.65. The van der Waals surface area contributed by atoms with Gasteiger partial charge in [0.25, 0.3) is 0 Å².